The summed E-state index contributed by atoms with van der Waals surface area (Å²) < 4.78 is 24.8. The predicted octanol–water partition coefficient (Wildman–Crippen LogP) is 4.20. The SMILES string of the molecule is COc1ccc(Oc2ccc(C=O)cc2F)c(Br)c1. The molecule has 0 spiro atoms. The highest BCUT2D eigenvalue weighted by atomic mass is 79.9. The summed E-state index contributed by atoms with van der Waals surface area (Å²) in [6.07, 6.45) is 0.580. The number of hydrogen-bond donors (Lipinski definition) is 0. The summed E-state index contributed by atoms with van der Waals surface area (Å²) in [5.74, 6) is 0.582. The largest absolute Gasteiger partial charge is 0.497 e. The number of carbonyl (C=O) groups is 1. The molecular formula is C14H10BrFO3. The van der Waals surface area contributed by atoms with Crippen molar-refractivity contribution < 1.29 is 18.7 Å². The minimum Gasteiger partial charge on any atom is -0.497 e. The highest BCUT2D eigenvalue weighted by Gasteiger charge is 2.09. The number of hydrogen-bond acceptors (Lipinski definition) is 3. The van der Waals surface area contributed by atoms with Gasteiger partial charge in [-0.3, -0.25) is 4.79 Å². The van der Waals surface area contributed by atoms with Gasteiger partial charge in [0.2, 0.25) is 0 Å². The number of ether oxygens (including phenoxy) is 2. The van der Waals surface area contributed by atoms with Crippen molar-refractivity contribution in [1.29, 1.82) is 0 Å². The Balaban J connectivity index is 2.28. The van der Waals surface area contributed by atoms with Gasteiger partial charge in [0.25, 0.3) is 0 Å². The molecule has 0 aliphatic heterocycles. The van der Waals surface area contributed by atoms with Gasteiger partial charge in [-0.15, -0.1) is 0 Å². The molecule has 0 atom stereocenters. The number of methoxy groups -OCH3 is 1. The molecule has 2 aromatic rings. The Morgan fingerprint density at radius 2 is 1.89 bits per heavy atom. The van der Waals surface area contributed by atoms with Crippen LogP contribution in [0, 0.1) is 5.82 Å². The first-order chi connectivity index (χ1) is 9.13. The summed E-state index contributed by atoms with van der Waals surface area (Å²) in [7, 11) is 1.56. The zero-order valence-electron chi connectivity index (χ0n) is 10.0. The van der Waals surface area contributed by atoms with Crippen LogP contribution in [0.4, 0.5) is 4.39 Å². The molecule has 3 nitrogen and oxygen atoms in total. The van der Waals surface area contributed by atoms with Crippen LogP contribution in [-0.4, -0.2) is 13.4 Å². The molecule has 0 saturated heterocycles. The Hall–Kier alpha value is -1.88. The zero-order chi connectivity index (χ0) is 13.8. The van der Waals surface area contributed by atoms with Gasteiger partial charge in [0.1, 0.15) is 17.8 Å². The van der Waals surface area contributed by atoms with Crippen molar-refractivity contribution >= 4 is 22.2 Å². The number of carbonyl (C=O) groups excluding carboxylic acids is 1. The number of rotatable bonds is 4. The molecule has 0 aliphatic carbocycles. The summed E-state index contributed by atoms with van der Waals surface area (Å²) in [6, 6.07) is 9.11. The van der Waals surface area contributed by atoms with Gasteiger partial charge in [-0.2, -0.15) is 0 Å². The average molecular weight is 325 g/mol. The predicted molar refractivity (Wildman–Crippen MR) is 72.6 cm³/mol. The van der Waals surface area contributed by atoms with Crippen LogP contribution < -0.4 is 9.47 Å². The van der Waals surface area contributed by atoms with Gasteiger partial charge in [0, 0.05) is 5.56 Å². The first-order valence-electron chi connectivity index (χ1n) is 5.40. The van der Waals surface area contributed by atoms with Gasteiger partial charge >= 0.3 is 0 Å². The minimum atomic E-state index is -0.590. The van der Waals surface area contributed by atoms with Crippen molar-refractivity contribution in [2.45, 2.75) is 0 Å². The molecule has 19 heavy (non-hydrogen) atoms. The van der Waals surface area contributed by atoms with E-state index in [1.807, 2.05) is 0 Å². The monoisotopic (exact) mass is 324 g/mol. The molecule has 0 N–H and O–H groups in total. The van der Waals surface area contributed by atoms with E-state index in [9.17, 15) is 9.18 Å². The van der Waals surface area contributed by atoms with E-state index in [0.29, 0.717) is 22.3 Å². The zero-order valence-corrected chi connectivity index (χ0v) is 11.6. The second-order valence-corrected chi connectivity index (χ2v) is 4.56. The molecule has 2 aromatic carbocycles. The highest BCUT2D eigenvalue weighted by molar-refractivity contribution is 9.10. The third-order valence-corrected chi connectivity index (χ3v) is 3.07. The quantitative estimate of drug-likeness (QED) is 0.790. The van der Waals surface area contributed by atoms with Gasteiger partial charge in [-0.1, -0.05) is 0 Å². The molecule has 0 radical (unpaired) electrons. The molecule has 5 heteroatoms. The Labute approximate surface area is 118 Å². The lowest BCUT2D eigenvalue weighted by atomic mass is 10.2. The van der Waals surface area contributed by atoms with Crippen molar-refractivity contribution in [2.75, 3.05) is 7.11 Å². The Bertz CT molecular complexity index is 614. The van der Waals surface area contributed by atoms with E-state index in [0.717, 1.165) is 6.07 Å². The maximum atomic E-state index is 13.7. The van der Waals surface area contributed by atoms with Gasteiger partial charge in [0.15, 0.2) is 11.6 Å². The average Bonchev–Trinajstić information content (AvgIpc) is 2.42. The molecular weight excluding hydrogens is 315 g/mol. The number of aldehydes is 1. The molecule has 0 aromatic heterocycles. The lowest BCUT2D eigenvalue weighted by molar-refractivity contribution is 0.112. The molecule has 0 saturated carbocycles. The summed E-state index contributed by atoms with van der Waals surface area (Å²) in [4.78, 5) is 10.5. The summed E-state index contributed by atoms with van der Waals surface area (Å²) in [5, 5.41) is 0. The lowest BCUT2D eigenvalue weighted by Gasteiger charge is -2.10. The Kier molecular flexibility index (Phi) is 4.16. The van der Waals surface area contributed by atoms with Crippen LogP contribution in [-0.2, 0) is 0 Å². The van der Waals surface area contributed by atoms with E-state index >= 15 is 0 Å². The van der Waals surface area contributed by atoms with Crippen molar-refractivity contribution in [2.24, 2.45) is 0 Å². The van der Waals surface area contributed by atoms with Crippen LogP contribution in [0.2, 0.25) is 0 Å². The van der Waals surface area contributed by atoms with E-state index in [-0.39, 0.29) is 11.3 Å². The van der Waals surface area contributed by atoms with Crippen molar-refractivity contribution in [3.05, 3.63) is 52.3 Å². The molecule has 2 rings (SSSR count). The van der Waals surface area contributed by atoms with E-state index in [1.54, 1.807) is 25.3 Å². The molecule has 0 unspecified atom stereocenters. The van der Waals surface area contributed by atoms with E-state index in [4.69, 9.17) is 9.47 Å². The third kappa shape index (κ3) is 3.12. The van der Waals surface area contributed by atoms with Crippen molar-refractivity contribution in [3.63, 3.8) is 0 Å². The summed E-state index contributed by atoms with van der Waals surface area (Å²) in [6.45, 7) is 0. The van der Waals surface area contributed by atoms with Crippen LogP contribution in [0.1, 0.15) is 10.4 Å². The molecule has 98 valence electrons. The topological polar surface area (TPSA) is 35.5 Å². The van der Waals surface area contributed by atoms with Gasteiger partial charge < -0.3 is 9.47 Å². The van der Waals surface area contributed by atoms with E-state index in [2.05, 4.69) is 15.9 Å². The van der Waals surface area contributed by atoms with Crippen LogP contribution in [0.3, 0.4) is 0 Å². The lowest BCUT2D eigenvalue weighted by Crippen LogP contribution is -1.92. The van der Waals surface area contributed by atoms with Crippen molar-refractivity contribution in [3.8, 4) is 17.2 Å². The number of halogens is 2. The first-order valence-corrected chi connectivity index (χ1v) is 6.19. The Morgan fingerprint density at radius 1 is 1.16 bits per heavy atom. The fourth-order valence-corrected chi connectivity index (χ4v) is 1.92. The molecule has 0 heterocycles. The molecule has 0 amide bonds. The molecule has 0 aliphatic rings. The fraction of sp³-hybridized carbons (Fsp3) is 0.0714. The summed E-state index contributed by atoms with van der Waals surface area (Å²) in [5.41, 5.74) is 0.263. The normalized spacial score (nSPS) is 10.1. The molecule has 0 fully saturated rings. The second kappa shape index (κ2) is 5.84. The van der Waals surface area contributed by atoms with Crippen LogP contribution in [0.15, 0.2) is 40.9 Å². The highest BCUT2D eigenvalue weighted by Crippen LogP contribution is 2.33. The minimum absolute atomic E-state index is 0.0523. The van der Waals surface area contributed by atoms with Crippen molar-refractivity contribution in [1.82, 2.24) is 0 Å². The van der Waals surface area contributed by atoms with Crippen LogP contribution in [0.25, 0.3) is 0 Å². The third-order valence-electron chi connectivity index (χ3n) is 2.45. The van der Waals surface area contributed by atoms with Crippen LogP contribution >= 0.6 is 15.9 Å². The Morgan fingerprint density at radius 3 is 2.47 bits per heavy atom. The first kappa shape index (κ1) is 13.5. The van der Waals surface area contributed by atoms with Gasteiger partial charge in [-0.25, -0.2) is 4.39 Å². The fourth-order valence-electron chi connectivity index (χ4n) is 1.48. The smallest absolute Gasteiger partial charge is 0.166 e. The van der Waals surface area contributed by atoms with Gasteiger partial charge in [0.05, 0.1) is 11.6 Å². The molecule has 0 bridgehead atoms. The van der Waals surface area contributed by atoms with E-state index in [1.165, 1.54) is 12.1 Å². The summed E-state index contributed by atoms with van der Waals surface area (Å²) >= 11 is 3.31. The standard InChI is InChI=1S/C14H10BrFO3/c1-18-10-3-5-13(11(15)7-10)19-14-4-2-9(8-17)6-12(14)16/h2-8H,1H3. The maximum Gasteiger partial charge on any atom is 0.166 e. The van der Waals surface area contributed by atoms with Gasteiger partial charge in [-0.05, 0) is 52.3 Å². The maximum absolute atomic E-state index is 13.7. The van der Waals surface area contributed by atoms with E-state index < -0.39 is 5.82 Å². The number of benzene rings is 2. The van der Waals surface area contributed by atoms with Crippen LogP contribution in [0.5, 0.6) is 17.2 Å². The second-order valence-electron chi connectivity index (χ2n) is 3.71.